The number of rotatable bonds is 5. The molecular weight excluding hydrogens is 266 g/mol. The lowest BCUT2D eigenvalue weighted by molar-refractivity contribution is 0.128. The van der Waals surface area contributed by atoms with Gasteiger partial charge in [0.2, 0.25) is 5.88 Å². The molecular formula is C13H14ClN3O2. The van der Waals surface area contributed by atoms with E-state index in [-0.39, 0.29) is 0 Å². The summed E-state index contributed by atoms with van der Waals surface area (Å²) in [7, 11) is 1.57. The molecule has 0 atom stereocenters. The largest absolute Gasteiger partial charge is 0.481 e. The molecule has 2 rings (SSSR count). The molecule has 2 aromatic rings. The van der Waals surface area contributed by atoms with Crippen LogP contribution in [0, 0.1) is 0 Å². The van der Waals surface area contributed by atoms with Gasteiger partial charge in [0.1, 0.15) is 11.8 Å². The summed E-state index contributed by atoms with van der Waals surface area (Å²) in [5.74, 6) is 1.11. The van der Waals surface area contributed by atoms with E-state index in [0.29, 0.717) is 35.8 Å². The molecule has 0 aliphatic rings. The number of nitrogens with zero attached hydrogens (tertiary/aromatic N) is 3. The zero-order valence-electron chi connectivity index (χ0n) is 10.8. The summed E-state index contributed by atoms with van der Waals surface area (Å²) in [6.07, 6.45) is 1.68. The van der Waals surface area contributed by atoms with Gasteiger partial charge in [0, 0.05) is 30.5 Å². The minimum Gasteiger partial charge on any atom is -0.481 e. The minimum atomic E-state index is 0.341. The van der Waals surface area contributed by atoms with Gasteiger partial charge < -0.3 is 9.47 Å². The highest BCUT2D eigenvalue weighted by Crippen LogP contribution is 2.21. The summed E-state index contributed by atoms with van der Waals surface area (Å²) in [6, 6.07) is 5.34. The lowest BCUT2D eigenvalue weighted by atomic mass is 10.2. The number of methoxy groups -OCH3 is 1. The van der Waals surface area contributed by atoms with Crippen molar-refractivity contribution < 1.29 is 9.47 Å². The van der Waals surface area contributed by atoms with E-state index in [9.17, 15) is 0 Å². The second-order valence-electron chi connectivity index (χ2n) is 3.72. The van der Waals surface area contributed by atoms with Crippen molar-refractivity contribution in [2.24, 2.45) is 0 Å². The predicted molar refractivity (Wildman–Crippen MR) is 72.2 cm³/mol. The molecule has 0 aliphatic carbocycles. The first kappa shape index (κ1) is 13.7. The van der Waals surface area contributed by atoms with Crippen LogP contribution >= 0.6 is 11.6 Å². The third-order valence-electron chi connectivity index (χ3n) is 2.42. The normalized spacial score (nSPS) is 10.5. The average Bonchev–Trinajstić information content (AvgIpc) is 2.44. The van der Waals surface area contributed by atoms with Crippen molar-refractivity contribution in [1.82, 2.24) is 15.0 Å². The quantitative estimate of drug-likeness (QED) is 0.788. The van der Waals surface area contributed by atoms with Crippen LogP contribution < -0.4 is 4.74 Å². The first-order valence-electron chi connectivity index (χ1n) is 5.84. The fourth-order valence-electron chi connectivity index (χ4n) is 1.52. The highest BCUT2D eigenvalue weighted by Gasteiger charge is 2.06. The molecule has 0 amide bonds. The molecule has 100 valence electrons. The Labute approximate surface area is 116 Å². The first-order valence-corrected chi connectivity index (χ1v) is 6.22. The van der Waals surface area contributed by atoms with Crippen LogP contribution in [0.4, 0.5) is 0 Å². The zero-order valence-corrected chi connectivity index (χ0v) is 11.5. The number of ether oxygens (including phenoxy) is 2. The van der Waals surface area contributed by atoms with E-state index in [1.807, 2.05) is 13.0 Å². The molecule has 6 heteroatoms. The number of hydrogen-bond donors (Lipinski definition) is 0. The van der Waals surface area contributed by atoms with Crippen molar-refractivity contribution in [3.8, 4) is 17.1 Å². The lowest BCUT2D eigenvalue weighted by Gasteiger charge is -2.06. The third kappa shape index (κ3) is 3.62. The molecule has 0 saturated carbocycles. The van der Waals surface area contributed by atoms with Gasteiger partial charge in [-0.25, -0.2) is 15.0 Å². The molecule has 0 bridgehead atoms. The fourth-order valence-corrected chi connectivity index (χ4v) is 1.72. The molecule has 0 radical (unpaired) electrons. The summed E-state index contributed by atoms with van der Waals surface area (Å²) in [5.41, 5.74) is 1.56. The predicted octanol–water partition coefficient (Wildman–Crippen LogP) is 2.74. The van der Waals surface area contributed by atoms with Crippen LogP contribution in [0.3, 0.4) is 0 Å². The SMILES string of the molecule is CCOCc1nc(Cl)cc(-c2ccc(OC)nc2)n1. The lowest BCUT2D eigenvalue weighted by Crippen LogP contribution is -2.01. The van der Waals surface area contributed by atoms with Crippen molar-refractivity contribution in [2.45, 2.75) is 13.5 Å². The number of hydrogen-bond acceptors (Lipinski definition) is 5. The van der Waals surface area contributed by atoms with E-state index < -0.39 is 0 Å². The smallest absolute Gasteiger partial charge is 0.212 e. The Morgan fingerprint density at radius 3 is 2.74 bits per heavy atom. The van der Waals surface area contributed by atoms with Crippen molar-refractivity contribution in [3.63, 3.8) is 0 Å². The topological polar surface area (TPSA) is 57.1 Å². The number of aromatic nitrogens is 3. The van der Waals surface area contributed by atoms with Gasteiger partial charge in [-0.05, 0) is 13.0 Å². The van der Waals surface area contributed by atoms with Gasteiger partial charge in [-0.15, -0.1) is 0 Å². The van der Waals surface area contributed by atoms with Crippen molar-refractivity contribution in [3.05, 3.63) is 35.4 Å². The molecule has 0 unspecified atom stereocenters. The van der Waals surface area contributed by atoms with Gasteiger partial charge in [0.05, 0.1) is 12.8 Å². The number of halogens is 1. The van der Waals surface area contributed by atoms with E-state index in [1.54, 1.807) is 25.4 Å². The van der Waals surface area contributed by atoms with Gasteiger partial charge in [-0.3, -0.25) is 0 Å². The van der Waals surface area contributed by atoms with E-state index in [4.69, 9.17) is 21.1 Å². The molecule has 2 heterocycles. The highest BCUT2D eigenvalue weighted by molar-refractivity contribution is 6.29. The monoisotopic (exact) mass is 279 g/mol. The van der Waals surface area contributed by atoms with Crippen LogP contribution in [-0.2, 0) is 11.3 Å². The molecule has 2 aromatic heterocycles. The molecule has 19 heavy (non-hydrogen) atoms. The van der Waals surface area contributed by atoms with E-state index in [2.05, 4.69) is 15.0 Å². The van der Waals surface area contributed by atoms with Crippen LogP contribution in [0.25, 0.3) is 11.3 Å². The van der Waals surface area contributed by atoms with Crippen molar-refractivity contribution in [2.75, 3.05) is 13.7 Å². The molecule has 5 nitrogen and oxygen atoms in total. The summed E-state index contributed by atoms with van der Waals surface area (Å²) >= 11 is 5.99. The molecule has 0 aliphatic heterocycles. The third-order valence-corrected chi connectivity index (χ3v) is 2.61. The van der Waals surface area contributed by atoms with E-state index in [1.165, 1.54) is 0 Å². The van der Waals surface area contributed by atoms with Gasteiger partial charge in [-0.2, -0.15) is 0 Å². The molecule has 0 fully saturated rings. The average molecular weight is 280 g/mol. The second-order valence-corrected chi connectivity index (χ2v) is 4.11. The Morgan fingerprint density at radius 1 is 1.26 bits per heavy atom. The van der Waals surface area contributed by atoms with Gasteiger partial charge in [0.25, 0.3) is 0 Å². The fraction of sp³-hybridized carbons (Fsp3) is 0.308. The molecule has 0 aromatic carbocycles. The maximum Gasteiger partial charge on any atom is 0.212 e. The van der Waals surface area contributed by atoms with Crippen LogP contribution in [0.2, 0.25) is 5.15 Å². The van der Waals surface area contributed by atoms with Crippen LogP contribution in [0.1, 0.15) is 12.7 Å². The summed E-state index contributed by atoms with van der Waals surface area (Å²) < 4.78 is 10.3. The first-order chi connectivity index (χ1) is 9.22. The van der Waals surface area contributed by atoms with Gasteiger partial charge in [-0.1, -0.05) is 11.6 Å². The maximum atomic E-state index is 5.99. The highest BCUT2D eigenvalue weighted by atomic mass is 35.5. The summed E-state index contributed by atoms with van der Waals surface area (Å²) in [4.78, 5) is 12.6. The maximum absolute atomic E-state index is 5.99. The Balaban J connectivity index is 2.29. The van der Waals surface area contributed by atoms with E-state index >= 15 is 0 Å². The zero-order chi connectivity index (χ0) is 13.7. The van der Waals surface area contributed by atoms with Gasteiger partial charge in [0.15, 0.2) is 5.82 Å². The second kappa shape index (κ2) is 6.45. The van der Waals surface area contributed by atoms with Gasteiger partial charge >= 0.3 is 0 Å². The number of pyridine rings is 1. The van der Waals surface area contributed by atoms with Crippen molar-refractivity contribution in [1.29, 1.82) is 0 Å². The molecule has 0 N–H and O–H groups in total. The van der Waals surface area contributed by atoms with Crippen LogP contribution in [0.15, 0.2) is 24.4 Å². The standard InChI is InChI=1S/C13H14ClN3O2/c1-3-19-8-12-16-10(6-11(14)17-12)9-4-5-13(18-2)15-7-9/h4-7H,3,8H2,1-2H3. The van der Waals surface area contributed by atoms with Crippen LogP contribution in [0.5, 0.6) is 5.88 Å². The Hall–Kier alpha value is -1.72. The van der Waals surface area contributed by atoms with Crippen molar-refractivity contribution >= 4 is 11.6 Å². The summed E-state index contributed by atoms with van der Waals surface area (Å²) in [6.45, 7) is 2.86. The summed E-state index contributed by atoms with van der Waals surface area (Å²) in [5, 5.41) is 0.385. The Kier molecular flexibility index (Phi) is 4.65. The van der Waals surface area contributed by atoms with Crippen LogP contribution in [-0.4, -0.2) is 28.7 Å². The van der Waals surface area contributed by atoms with E-state index in [0.717, 1.165) is 5.56 Å². The molecule has 0 spiro atoms. The minimum absolute atomic E-state index is 0.341. The Morgan fingerprint density at radius 2 is 2.11 bits per heavy atom. The molecule has 0 saturated heterocycles. The Bertz CT molecular complexity index is 546.